The van der Waals surface area contributed by atoms with E-state index in [1.54, 1.807) is 11.4 Å². The van der Waals surface area contributed by atoms with Gasteiger partial charge < -0.3 is 5.32 Å². The third-order valence-electron chi connectivity index (χ3n) is 2.34. The van der Waals surface area contributed by atoms with Gasteiger partial charge in [0.15, 0.2) is 0 Å². The molecule has 1 amide bonds. The smallest absolute Gasteiger partial charge is 0.267 e. The Morgan fingerprint density at radius 3 is 2.55 bits per heavy atom. The van der Waals surface area contributed by atoms with Crippen LogP contribution in [0.1, 0.15) is 9.67 Å². The molecule has 9 heteroatoms. The van der Waals surface area contributed by atoms with E-state index < -0.39 is 10.0 Å². The molecule has 0 aliphatic carbocycles. The minimum absolute atomic E-state index is 0.0449. The van der Waals surface area contributed by atoms with Crippen molar-refractivity contribution in [3.8, 4) is 0 Å². The van der Waals surface area contributed by atoms with Gasteiger partial charge in [0, 0.05) is 4.47 Å². The van der Waals surface area contributed by atoms with E-state index in [9.17, 15) is 13.2 Å². The first-order valence-electron chi connectivity index (χ1n) is 5.16. The summed E-state index contributed by atoms with van der Waals surface area (Å²) in [5.41, 5.74) is 0.423. The first-order valence-corrected chi connectivity index (χ1v) is 8.75. The van der Waals surface area contributed by atoms with E-state index in [1.165, 1.54) is 29.5 Å². The molecule has 0 aliphatic rings. The fraction of sp³-hybridized carbons (Fsp3) is 0. The summed E-state index contributed by atoms with van der Waals surface area (Å²) >= 11 is 10.3. The average Bonchev–Trinajstić information content (AvgIpc) is 2.76. The number of anilines is 1. The molecule has 0 atom stereocenters. The van der Waals surface area contributed by atoms with Gasteiger partial charge >= 0.3 is 0 Å². The van der Waals surface area contributed by atoms with Gasteiger partial charge in [-0.15, -0.1) is 11.3 Å². The van der Waals surface area contributed by atoms with Crippen molar-refractivity contribution in [2.24, 2.45) is 5.14 Å². The highest BCUT2D eigenvalue weighted by Crippen LogP contribution is 2.28. The second-order valence-electron chi connectivity index (χ2n) is 3.74. The van der Waals surface area contributed by atoms with Crippen LogP contribution < -0.4 is 10.5 Å². The summed E-state index contributed by atoms with van der Waals surface area (Å²) in [6.45, 7) is 0. The fourth-order valence-corrected chi connectivity index (χ4v) is 3.61. The van der Waals surface area contributed by atoms with Crippen LogP contribution in [0.2, 0.25) is 5.02 Å². The van der Waals surface area contributed by atoms with Crippen molar-refractivity contribution in [1.29, 1.82) is 0 Å². The number of halogens is 2. The zero-order chi connectivity index (χ0) is 14.9. The first-order chi connectivity index (χ1) is 9.29. The van der Waals surface area contributed by atoms with Crippen LogP contribution >= 0.6 is 38.9 Å². The van der Waals surface area contributed by atoms with Gasteiger partial charge in [0.25, 0.3) is 5.91 Å². The number of nitrogens with two attached hydrogens (primary N) is 1. The Balaban J connectivity index is 2.27. The van der Waals surface area contributed by atoms with Gasteiger partial charge in [-0.2, -0.15) is 0 Å². The Hall–Kier alpha value is -0.930. The summed E-state index contributed by atoms with van der Waals surface area (Å²) in [6.07, 6.45) is 0. The van der Waals surface area contributed by atoms with Crippen LogP contribution in [0, 0.1) is 0 Å². The number of carbonyl (C=O) groups excluding carboxylic acids is 1. The van der Waals surface area contributed by atoms with Crippen LogP contribution in [0.25, 0.3) is 0 Å². The molecule has 1 heterocycles. The van der Waals surface area contributed by atoms with Crippen LogP contribution in [0.3, 0.4) is 0 Å². The minimum atomic E-state index is -3.78. The predicted molar refractivity (Wildman–Crippen MR) is 82.8 cm³/mol. The van der Waals surface area contributed by atoms with E-state index >= 15 is 0 Å². The van der Waals surface area contributed by atoms with E-state index in [0.29, 0.717) is 20.1 Å². The number of benzene rings is 1. The Morgan fingerprint density at radius 2 is 2.05 bits per heavy atom. The number of primary sulfonamides is 1. The average molecular weight is 396 g/mol. The lowest BCUT2D eigenvalue weighted by Crippen LogP contribution is -2.14. The Labute approximate surface area is 132 Å². The van der Waals surface area contributed by atoms with Gasteiger partial charge in [0.2, 0.25) is 10.0 Å². The van der Waals surface area contributed by atoms with E-state index in [2.05, 4.69) is 21.2 Å². The molecule has 1 aromatic heterocycles. The lowest BCUT2D eigenvalue weighted by atomic mass is 10.3. The summed E-state index contributed by atoms with van der Waals surface area (Å²) in [5.74, 6) is -0.367. The number of nitrogens with one attached hydrogen (secondary N) is 1. The molecule has 0 saturated heterocycles. The highest BCUT2D eigenvalue weighted by atomic mass is 79.9. The molecule has 2 rings (SSSR count). The second kappa shape index (κ2) is 5.82. The van der Waals surface area contributed by atoms with Crippen LogP contribution in [0.4, 0.5) is 5.69 Å². The number of amides is 1. The summed E-state index contributed by atoms with van der Waals surface area (Å²) in [4.78, 5) is 12.3. The van der Waals surface area contributed by atoms with Crippen molar-refractivity contribution in [2.45, 2.75) is 4.90 Å². The highest BCUT2D eigenvalue weighted by molar-refractivity contribution is 9.10. The Bertz CT molecular complexity index is 774. The fourth-order valence-electron chi connectivity index (χ4n) is 1.41. The lowest BCUT2D eigenvalue weighted by molar-refractivity contribution is 0.103. The zero-order valence-electron chi connectivity index (χ0n) is 9.76. The van der Waals surface area contributed by atoms with Gasteiger partial charge in [-0.1, -0.05) is 11.6 Å². The molecular formula is C11H8BrClN2O3S2. The maximum atomic E-state index is 12.0. The summed E-state index contributed by atoms with van der Waals surface area (Å²) in [5, 5.41) is 9.73. The van der Waals surface area contributed by atoms with Crippen molar-refractivity contribution in [1.82, 2.24) is 0 Å². The molecule has 106 valence electrons. The molecule has 0 bridgehead atoms. The number of thiophene rings is 1. The molecule has 0 saturated carbocycles. The van der Waals surface area contributed by atoms with Crippen molar-refractivity contribution < 1.29 is 13.2 Å². The Morgan fingerprint density at radius 1 is 1.35 bits per heavy atom. The molecule has 20 heavy (non-hydrogen) atoms. The normalized spacial score (nSPS) is 11.3. The van der Waals surface area contributed by atoms with Gasteiger partial charge in [0.1, 0.15) is 4.88 Å². The van der Waals surface area contributed by atoms with Crippen molar-refractivity contribution in [3.63, 3.8) is 0 Å². The molecule has 0 spiro atoms. The number of hydrogen-bond acceptors (Lipinski definition) is 4. The quantitative estimate of drug-likeness (QED) is 0.837. The first kappa shape index (κ1) is 15.5. The topological polar surface area (TPSA) is 89.3 Å². The van der Waals surface area contributed by atoms with Crippen LogP contribution in [-0.2, 0) is 10.0 Å². The van der Waals surface area contributed by atoms with Crippen molar-refractivity contribution >= 4 is 60.5 Å². The molecule has 0 radical (unpaired) electrons. The second-order valence-corrected chi connectivity index (χ2v) is 7.48. The number of hydrogen-bond donors (Lipinski definition) is 2. The van der Waals surface area contributed by atoms with Gasteiger partial charge in [0.05, 0.1) is 15.6 Å². The Kier molecular flexibility index (Phi) is 4.50. The maximum absolute atomic E-state index is 12.0. The predicted octanol–water partition coefficient (Wildman–Crippen LogP) is 3.06. The standard InChI is InChI=1S/C11H8BrClN2O3S2/c12-7-5-6(20(14,17)18)1-2-9(7)15-11(16)10-8(13)3-4-19-10/h1-5H,(H,15,16)(H2,14,17,18). The highest BCUT2D eigenvalue weighted by Gasteiger charge is 2.15. The number of rotatable bonds is 3. The SMILES string of the molecule is NS(=O)(=O)c1ccc(NC(=O)c2sccc2Cl)c(Br)c1. The summed E-state index contributed by atoms with van der Waals surface area (Å²) in [6, 6.07) is 5.70. The van der Waals surface area contributed by atoms with Gasteiger partial charge in [-0.05, 0) is 45.6 Å². The molecule has 5 nitrogen and oxygen atoms in total. The molecule has 0 aliphatic heterocycles. The van der Waals surface area contributed by atoms with Crippen LogP contribution in [0.5, 0.6) is 0 Å². The molecule has 0 fully saturated rings. The molecule has 2 aromatic rings. The van der Waals surface area contributed by atoms with Crippen LogP contribution in [0.15, 0.2) is 39.0 Å². The summed E-state index contributed by atoms with van der Waals surface area (Å²) in [7, 11) is -3.78. The van der Waals surface area contributed by atoms with Gasteiger partial charge in [-0.25, -0.2) is 13.6 Å². The number of carbonyl (C=O) groups is 1. The molecule has 3 N–H and O–H groups in total. The molecular weight excluding hydrogens is 388 g/mol. The van der Waals surface area contributed by atoms with Crippen LogP contribution in [-0.4, -0.2) is 14.3 Å². The molecule has 0 unspecified atom stereocenters. The third kappa shape index (κ3) is 3.39. The largest absolute Gasteiger partial charge is 0.320 e. The van der Waals surface area contributed by atoms with E-state index in [1.807, 2.05) is 0 Å². The zero-order valence-corrected chi connectivity index (χ0v) is 13.7. The van der Waals surface area contributed by atoms with Gasteiger partial charge in [-0.3, -0.25) is 4.79 Å². The lowest BCUT2D eigenvalue weighted by Gasteiger charge is -2.08. The monoisotopic (exact) mass is 394 g/mol. The maximum Gasteiger partial charge on any atom is 0.267 e. The minimum Gasteiger partial charge on any atom is -0.320 e. The van der Waals surface area contributed by atoms with E-state index in [0.717, 1.165) is 0 Å². The number of sulfonamides is 1. The summed E-state index contributed by atoms with van der Waals surface area (Å²) < 4.78 is 22.8. The van der Waals surface area contributed by atoms with E-state index in [-0.39, 0.29) is 10.8 Å². The molecule has 1 aromatic carbocycles. The van der Waals surface area contributed by atoms with Crippen molar-refractivity contribution in [2.75, 3.05) is 5.32 Å². The van der Waals surface area contributed by atoms with Crippen molar-refractivity contribution in [3.05, 3.63) is 44.0 Å². The third-order valence-corrected chi connectivity index (χ3v) is 5.25. The van der Waals surface area contributed by atoms with E-state index in [4.69, 9.17) is 16.7 Å².